The Morgan fingerprint density at radius 3 is 2.66 bits per heavy atom. The highest BCUT2D eigenvalue weighted by atomic mass is 127. The molecule has 0 fully saturated rings. The van der Waals surface area contributed by atoms with E-state index >= 15 is 0 Å². The van der Waals surface area contributed by atoms with Crippen LogP contribution in [0.2, 0.25) is 0 Å². The van der Waals surface area contributed by atoms with Crippen molar-refractivity contribution in [2.24, 2.45) is 12.0 Å². The molecule has 0 unspecified atom stereocenters. The second-order valence-electron chi connectivity index (χ2n) is 7.68. The number of hydrogen-bond acceptors (Lipinski definition) is 5. The first-order valence-corrected chi connectivity index (χ1v) is 12.5. The normalized spacial score (nSPS) is 11.2. The van der Waals surface area contributed by atoms with E-state index in [4.69, 9.17) is 9.73 Å². The molecule has 180 valence electrons. The van der Waals surface area contributed by atoms with Gasteiger partial charge in [-0.2, -0.15) is 11.8 Å². The largest absolute Gasteiger partial charge is 0.493 e. The lowest BCUT2D eigenvalue weighted by molar-refractivity contribution is 0.303. The molecule has 32 heavy (non-hydrogen) atoms. The zero-order chi connectivity index (χ0) is 22.5. The van der Waals surface area contributed by atoms with E-state index < -0.39 is 0 Å². The number of hydrogen-bond donors (Lipinski definition) is 2. The molecule has 0 amide bonds. The molecular weight excluding hydrogens is 535 g/mol. The minimum atomic E-state index is 0. The highest BCUT2D eigenvalue weighted by molar-refractivity contribution is 14.0. The number of ether oxygens (including phenoxy) is 1. The number of aromatic nitrogens is 3. The van der Waals surface area contributed by atoms with E-state index in [-0.39, 0.29) is 24.0 Å². The van der Waals surface area contributed by atoms with Gasteiger partial charge in [0.2, 0.25) is 0 Å². The maximum atomic E-state index is 6.08. The second kappa shape index (κ2) is 16.2. The van der Waals surface area contributed by atoms with Crippen LogP contribution in [-0.4, -0.2) is 45.9 Å². The fourth-order valence-corrected chi connectivity index (χ4v) is 3.42. The highest BCUT2D eigenvalue weighted by Crippen LogP contribution is 2.21. The first-order chi connectivity index (χ1) is 15.0. The van der Waals surface area contributed by atoms with Crippen LogP contribution in [0.4, 0.5) is 0 Å². The van der Waals surface area contributed by atoms with Gasteiger partial charge in [0, 0.05) is 19.2 Å². The third-order valence-electron chi connectivity index (χ3n) is 5.05. The number of unbranched alkanes of at least 4 members (excludes halogenated alkanes) is 2. The van der Waals surface area contributed by atoms with Crippen molar-refractivity contribution in [2.75, 3.05) is 25.2 Å². The summed E-state index contributed by atoms with van der Waals surface area (Å²) in [6.45, 7) is 8.99. The molecule has 0 saturated heterocycles. The zero-order valence-electron chi connectivity index (χ0n) is 20.1. The first-order valence-electron chi connectivity index (χ1n) is 11.1. The van der Waals surface area contributed by atoms with Gasteiger partial charge in [0.05, 0.1) is 19.7 Å². The molecule has 0 atom stereocenters. The summed E-state index contributed by atoms with van der Waals surface area (Å²) in [5.41, 5.74) is 2.30. The van der Waals surface area contributed by atoms with Crippen LogP contribution in [0, 0.1) is 13.8 Å². The van der Waals surface area contributed by atoms with Gasteiger partial charge in [0.1, 0.15) is 11.6 Å². The Balaban J connectivity index is 0.00000512. The van der Waals surface area contributed by atoms with Crippen LogP contribution < -0.4 is 15.4 Å². The number of aliphatic imine (C=N–C) groups is 1. The number of nitrogens with zero attached hydrogens (tertiary/aromatic N) is 4. The maximum absolute atomic E-state index is 6.08. The Kier molecular flexibility index (Phi) is 14.4. The average molecular weight is 575 g/mol. The van der Waals surface area contributed by atoms with Gasteiger partial charge in [-0.25, -0.2) is 4.99 Å². The van der Waals surface area contributed by atoms with Gasteiger partial charge in [-0.05, 0) is 50.3 Å². The van der Waals surface area contributed by atoms with Crippen LogP contribution in [0.25, 0.3) is 0 Å². The van der Waals surface area contributed by atoms with Gasteiger partial charge < -0.3 is 19.9 Å². The second-order valence-corrected chi connectivity index (χ2v) is 8.67. The van der Waals surface area contributed by atoms with Gasteiger partial charge in [0.25, 0.3) is 0 Å². The summed E-state index contributed by atoms with van der Waals surface area (Å²) in [4.78, 5) is 4.83. The first kappa shape index (κ1) is 28.5. The lowest BCUT2D eigenvalue weighted by Crippen LogP contribution is -2.38. The molecule has 7 nitrogen and oxygen atoms in total. The van der Waals surface area contributed by atoms with Crippen LogP contribution in [0.5, 0.6) is 5.75 Å². The number of aryl methyl sites for hydroxylation is 2. The Hall–Kier alpha value is -1.49. The Morgan fingerprint density at radius 2 is 1.97 bits per heavy atom. The zero-order valence-corrected chi connectivity index (χ0v) is 23.3. The molecule has 0 saturated carbocycles. The van der Waals surface area contributed by atoms with E-state index in [0.29, 0.717) is 13.1 Å². The monoisotopic (exact) mass is 574 g/mol. The lowest BCUT2D eigenvalue weighted by Gasteiger charge is -2.14. The van der Waals surface area contributed by atoms with E-state index in [1.54, 1.807) is 0 Å². The highest BCUT2D eigenvalue weighted by Gasteiger charge is 2.08. The number of benzene rings is 1. The fourth-order valence-electron chi connectivity index (χ4n) is 2.99. The van der Waals surface area contributed by atoms with Crippen molar-refractivity contribution >= 4 is 41.7 Å². The molecule has 2 rings (SSSR count). The van der Waals surface area contributed by atoms with Crippen molar-refractivity contribution in [1.82, 2.24) is 25.4 Å². The topological polar surface area (TPSA) is 76.4 Å². The molecule has 1 aromatic heterocycles. The van der Waals surface area contributed by atoms with Crippen molar-refractivity contribution < 1.29 is 4.74 Å². The van der Waals surface area contributed by atoms with Crippen LogP contribution in [0.15, 0.2) is 23.2 Å². The minimum absolute atomic E-state index is 0. The summed E-state index contributed by atoms with van der Waals surface area (Å²) in [6.07, 6.45) is 6.67. The van der Waals surface area contributed by atoms with E-state index in [1.807, 2.05) is 30.3 Å². The number of guanidine groups is 1. The summed E-state index contributed by atoms with van der Waals surface area (Å²) in [5.74, 6) is 4.61. The van der Waals surface area contributed by atoms with E-state index in [2.05, 4.69) is 59.1 Å². The molecule has 1 aromatic carbocycles. The molecule has 1 heterocycles. The third-order valence-corrected chi connectivity index (χ3v) is 5.75. The smallest absolute Gasteiger partial charge is 0.191 e. The summed E-state index contributed by atoms with van der Waals surface area (Å²) in [6, 6.07) is 6.34. The van der Waals surface area contributed by atoms with Crippen LogP contribution >= 0.6 is 35.7 Å². The van der Waals surface area contributed by atoms with Gasteiger partial charge in [-0.3, -0.25) is 0 Å². The van der Waals surface area contributed by atoms with Crippen LogP contribution in [-0.2, 0) is 20.1 Å². The Bertz CT molecular complexity index is 827. The molecule has 0 bridgehead atoms. The van der Waals surface area contributed by atoms with Gasteiger partial charge in [-0.1, -0.05) is 31.9 Å². The summed E-state index contributed by atoms with van der Waals surface area (Å²) < 4.78 is 8.07. The van der Waals surface area contributed by atoms with E-state index in [9.17, 15) is 0 Å². The van der Waals surface area contributed by atoms with E-state index in [1.165, 1.54) is 18.4 Å². The molecule has 2 N–H and O–H groups in total. The molecular formula is C23H39IN6OS. The number of nitrogens with one attached hydrogen (secondary N) is 2. The quantitative estimate of drug-likeness (QED) is 0.158. The minimum Gasteiger partial charge on any atom is -0.493 e. The predicted octanol–water partition coefficient (Wildman–Crippen LogP) is 4.61. The predicted molar refractivity (Wildman–Crippen MR) is 146 cm³/mol. The lowest BCUT2D eigenvalue weighted by atomic mass is 10.1. The van der Waals surface area contributed by atoms with Crippen molar-refractivity contribution in [3.8, 4) is 5.75 Å². The molecule has 0 radical (unpaired) electrons. The Labute approximate surface area is 214 Å². The summed E-state index contributed by atoms with van der Waals surface area (Å²) in [7, 11) is 1.98. The Morgan fingerprint density at radius 1 is 1.16 bits per heavy atom. The standard InChI is InChI=1S/C23H38N6OS.HI/c1-6-7-8-13-30-21-15-18(2)10-11-20(21)16-25-23(24-12-9-14-31-5)26-17-22-28-27-19(3)29(22)4;/h10-11,15H,6-9,12-14,16-17H2,1-5H3,(H2,24,25,26);1H. The number of rotatable bonds is 13. The van der Waals surface area contributed by atoms with Crippen molar-refractivity contribution in [1.29, 1.82) is 0 Å². The van der Waals surface area contributed by atoms with Crippen LogP contribution in [0.3, 0.4) is 0 Å². The molecule has 0 spiro atoms. The molecule has 0 aliphatic carbocycles. The van der Waals surface area contributed by atoms with Crippen LogP contribution in [0.1, 0.15) is 55.4 Å². The molecule has 0 aliphatic rings. The third kappa shape index (κ3) is 9.97. The van der Waals surface area contributed by atoms with Gasteiger partial charge in [-0.15, -0.1) is 34.2 Å². The molecule has 2 aromatic rings. The van der Waals surface area contributed by atoms with Gasteiger partial charge >= 0.3 is 0 Å². The average Bonchev–Trinajstić information content (AvgIpc) is 3.08. The molecule has 0 aliphatic heterocycles. The van der Waals surface area contributed by atoms with E-state index in [0.717, 1.165) is 60.7 Å². The number of thioether (sulfide) groups is 1. The summed E-state index contributed by atoms with van der Waals surface area (Å²) >= 11 is 1.85. The fraction of sp³-hybridized carbons (Fsp3) is 0.609. The SMILES string of the molecule is CCCCCOc1cc(C)ccc1CN=C(NCCCSC)NCc1nnc(C)n1C.I. The maximum Gasteiger partial charge on any atom is 0.191 e. The molecule has 9 heteroatoms. The van der Waals surface area contributed by atoms with Crippen molar-refractivity contribution in [3.63, 3.8) is 0 Å². The van der Waals surface area contributed by atoms with Gasteiger partial charge in [0.15, 0.2) is 11.8 Å². The number of halogens is 1. The summed E-state index contributed by atoms with van der Waals surface area (Å²) in [5, 5.41) is 15.2. The van der Waals surface area contributed by atoms with Crippen molar-refractivity contribution in [2.45, 2.75) is 59.5 Å². The van der Waals surface area contributed by atoms with Crippen molar-refractivity contribution in [3.05, 3.63) is 41.0 Å².